The standard InChI is InChI=1S/C8H15NO/c1-5(2)8-9-6(3)7(4)10-8/h5,7-8H,1-4H3. The molecule has 0 aromatic heterocycles. The summed E-state index contributed by atoms with van der Waals surface area (Å²) in [5.74, 6) is 0.500. The van der Waals surface area contributed by atoms with Crippen molar-refractivity contribution in [2.75, 3.05) is 0 Å². The Kier molecular flexibility index (Phi) is 2.09. The normalized spacial score (nSPS) is 33.1. The Hall–Kier alpha value is -0.370. The van der Waals surface area contributed by atoms with Gasteiger partial charge in [0, 0.05) is 5.71 Å². The zero-order chi connectivity index (χ0) is 7.72. The number of hydrogen-bond donors (Lipinski definition) is 0. The van der Waals surface area contributed by atoms with E-state index in [-0.39, 0.29) is 12.3 Å². The topological polar surface area (TPSA) is 21.6 Å². The maximum absolute atomic E-state index is 5.53. The molecule has 10 heavy (non-hydrogen) atoms. The van der Waals surface area contributed by atoms with E-state index in [4.69, 9.17) is 4.74 Å². The van der Waals surface area contributed by atoms with Crippen LogP contribution in [0.5, 0.6) is 0 Å². The van der Waals surface area contributed by atoms with Gasteiger partial charge in [0.1, 0.15) is 0 Å². The zero-order valence-corrected chi connectivity index (χ0v) is 7.09. The molecule has 0 amide bonds. The smallest absolute Gasteiger partial charge is 0.151 e. The maximum Gasteiger partial charge on any atom is 0.151 e. The van der Waals surface area contributed by atoms with Gasteiger partial charge in [-0.3, -0.25) is 4.99 Å². The first kappa shape index (κ1) is 7.73. The summed E-state index contributed by atoms with van der Waals surface area (Å²) in [6.07, 6.45) is 0.336. The van der Waals surface area contributed by atoms with Crippen molar-refractivity contribution in [2.24, 2.45) is 10.9 Å². The molecule has 2 unspecified atom stereocenters. The quantitative estimate of drug-likeness (QED) is 0.546. The van der Waals surface area contributed by atoms with Crippen LogP contribution in [0.15, 0.2) is 4.99 Å². The van der Waals surface area contributed by atoms with Crippen LogP contribution < -0.4 is 0 Å². The van der Waals surface area contributed by atoms with E-state index in [1.807, 2.05) is 13.8 Å². The van der Waals surface area contributed by atoms with E-state index in [2.05, 4.69) is 18.8 Å². The Morgan fingerprint density at radius 1 is 1.50 bits per heavy atom. The maximum atomic E-state index is 5.53. The SMILES string of the molecule is CC1=NC(C(C)C)OC1C. The van der Waals surface area contributed by atoms with E-state index in [1.165, 1.54) is 0 Å². The molecule has 0 fully saturated rings. The van der Waals surface area contributed by atoms with E-state index in [0.29, 0.717) is 5.92 Å². The summed E-state index contributed by atoms with van der Waals surface area (Å²) >= 11 is 0. The molecule has 2 heteroatoms. The van der Waals surface area contributed by atoms with Gasteiger partial charge in [-0.15, -0.1) is 0 Å². The predicted octanol–water partition coefficient (Wildman–Crippen LogP) is 1.85. The monoisotopic (exact) mass is 141 g/mol. The van der Waals surface area contributed by atoms with Crippen molar-refractivity contribution in [3.8, 4) is 0 Å². The summed E-state index contributed by atoms with van der Waals surface area (Å²) in [5, 5.41) is 0. The summed E-state index contributed by atoms with van der Waals surface area (Å²) in [4.78, 5) is 4.36. The Morgan fingerprint density at radius 2 is 2.10 bits per heavy atom. The molecular weight excluding hydrogens is 126 g/mol. The van der Waals surface area contributed by atoms with Gasteiger partial charge in [-0.25, -0.2) is 0 Å². The third-order valence-corrected chi connectivity index (χ3v) is 1.83. The van der Waals surface area contributed by atoms with Crippen molar-refractivity contribution in [2.45, 2.75) is 40.0 Å². The lowest BCUT2D eigenvalue weighted by molar-refractivity contribution is 0.0303. The molecule has 1 aliphatic rings. The van der Waals surface area contributed by atoms with Crippen LogP contribution in [-0.2, 0) is 4.74 Å². The first-order valence-corrected chi connectivity index (χ1v) is 3.81. The Morgan fingerprint density at radius 3 is 2.30 bits per heavy atom. The van der Waals surface area contributed by atoms with Crippen molar-refractivity contribution in [3.05, 3.63) is 0 Å². The van der Waals surface area contributed by atoms with Gasteiger partial charge >= 0.3 is 0 Å². The molecule has 0 spiro atoms. The van der Waals surface area contributed by atoms with Crippen LogP contribution in [0.2, 0.25) is 0 Å². The number of nitrogens with zero attached hydrogens (tertiary/aromatic N) is 1. The highest BCUT2D eigenvalue weighted by Gasteiger charge is 2.23. The first-order chi connectivity index (χ1) is 4.61. The fourth-order valence-electron chi connectivity index (χ4n) is 0.950. The fourth-order valence-corrected chi connectivity index (χ4v) is 0.950. The van der Waals surface area contributed by atoms with Gasteiger partial charge in [-0.05, 0) is 19.8 Å². The van der Waals surface area contributed by atoms with Gasteiger partial charge in [-0.2, -0.15) is 0 Å². The van der Waals surface area contributed by atoms with Crippen LogP contribution in [-0.4, -0.2) is 18.0 Å². The molecule has 1 aliphatic heterocycles. The van der Waals surface area contributed by atoms with Gasteiger partial charge in [0.15, 0.2) is 6.23 Å². The third-order valence-electron chi connectivity index (χ3n) is 1.83. The molecule has 1 heterocycles. The van der Waals surface area contributed by atoms with Crippen molar-refractivity contribution >= 4 is 5.71 Å². The molecule has 2 atom stereocenters. The Balaban J connectivity index is 2.56. The van der Waals surface area contributed by atoms with E-state index >= 15 is 0 Å². The van der Waals surface area contributed by atoms with Gasteiger partial charge in [0.2, 0.25) is 0 Å². The minimum absolute atomic E-state index is 0.106. The molecule has 58 valence electrons. The fraction of sp³-hybridized carbons (Fsp3) is 0.875. The first-order valence-electron chi connectivity index (χ1n) is 3.81. The molecule has 0 aliphatic carbocycles. The lowest BCUT2D eigenvalue weighted by atomic mass is 10.2. The number of aliphatic imine (C=N–C) groups is 1. The largest absolute Gasteiger partial charge is 0.347 e. The van der Waals surface area contributed by atoms with E-state index < -0.39 is 0 Å². The van der Waals surface area contributed by atoms with Crippen LogP contribution in [0.25, 0.3) is 0 Å². The molecule has 1 rings (SSSR count). The second-order valence-electron chi connectivity index (χ2n) is 3.18. The predicted molar refractivity (Wildman–Crippen MR) is 42.3 cm³/mol. The highest BCUT2D eigenvalue weighted by Crippen LogP contribution is 2.18. The van der Waals surface area contributed by atoms with Gasteiger partial charge < -0.3 is 4.74 Å². The minimum Gasteiger partial charge on any atom is -0.347 e. The van der Waals surface area contributed by atoms with Crippen molar-refractivity contribution < 1.29 is 4.74 Å². The molecule has 0 N–H and O–H groups in total. The second kappa shape index (κ2) is 2.70. The van der Waals surface area contributed by atoms with E-state index in [0.717, 1.165) is 5.71 Å². The average molecular weight is 141 g/mol. The number of rotatable bonds is 1. The zero-order valence-electron chi connectivity index (χ0n) is 7.09. The molecule has 0 bridgehead atoms. The van der Waals surface area contributed by atoms with E-state index in [9.17, 15) is 0 Å². The minimum atomic E-state index is 0.106. The highest BCUT2D eigenvalue weighted by atomic mass is 16.5. The number of hydrogen-bond acceptors (Lipinski definition) is 2. The molecule has 0 aromatic carbocycles. The summed E-state index contributed by atoms with van der Waals surface area (Å²) in [5.41, 5.74) is 1.12. The lowest BCUT2D eigenvalue weighted by Gasteiger charge is -2.12. The van der Waals surface area contributed by atoms with Gasteiger partial charge in [-0.1, -0.05) is 13.8 Å². The molecule has 2 nitrogen and oxygen atoms in total. The van der Waals surface area contributed by atoms with E-state index in [1.54, 1.807) is 0 Å². The molecule has 0 saturated carbocycles. The average Bonchev–Trinajstić information content (AvgIpc) is 2.13. The van der Waals surface area contributed by atoms with Crippen LogP contribution in [0.1, 0.15) is 27.7 Å². The van der Waals surface area contributed by atoms with Gasteiger partial charge in [0.25, 0.3) is 0 Å². The van der Waals surface area contributed by atoms with Crippen LogP contribution in [0.4, 0.5) is 0 Å². The Bertz CT molecular complexity index is 151. The summed E-state index contributed by atoms with van der Waals surface area (Å²) in [6.45, 7) is 8.31. The van der Waals surface area contributed by atoms with Crippen molar-refractivity contribution in [1.82, 2.24) is 0 Å². The van der Waals surface area contributed by atoms with Gasteiger partial charge in [0.05, 0.1) is 6.10 Å². The second-order valence-corrected chi connectivity index (χ2v) is 3.18. The van der Waals surface area contributed by atoms with Crippen LogP contribution >= 0.6 is 0 Å². The molecule has 0 aromatic rings. The third kappa shape index (κ3) is 1.37. The Labute approximate surface area is 62.3 Å². The summed E-state index contributed by atoms with van der Waals surface area (Å²) in [7, 11) is 0. The molecule has 0 radical (unpaired) electrons. The summed E-state index contributed by atoms with van der Waals surface area (Å²) < 4.78 is 5.53. The van der Waals surface area contributed by atoms with Crippen molar-refractivity contribution in [1.29, 1.82) is 0 Å². The number of ether oxygens (including phenoxy) is 1. The van der Waals surface area contributed by atoms with Crippen LogP contribution in [0.3, 0.4) is 0 Å². The lowest BCUT2D eigenvalue weighted by Crippen LogP contribution is -2.17. The van der Waals surface area contributed by atoms with Crippen LogP contribution in [0, 0.1) is 5.92 Å². The highest BCUT2D eigenvalue weighted by molar-refractivity contribution is 5.87. The molecule has 0 saturated heterocycles. The molecular formula is C8H15NO. The van der Waals surface area contributed by atoms with Crippen molar-refractivity contribution in [3.63, 3.8) is 0 Å². The summed E-state index contributed by atoms with van der Waals surface area (Å²) in [6, 6.07) is 0.